The van der Waals surface area contributed by atoms with Gasteiger partial charge in [0, 0.05) is 24.9 Å². The largest absolute Gasteiger partial charge is 0.479 e. The normalized spacial score (nSPS) is 19.2. The molecular formula is C30H31N5O9. The number of carboxylic acid groups (broad SMARTS) is 1. The predicted molar refractivity (Wildman–Crippen MR) is 151 cm³/mol. The first-order valence-corrected chi connectivity index (χ1v) is 14.2. The second-order valence-corrected chi connectivity index (χ2v) is 10.6. The third kappa shape index (κ3) is 6.29. The summed E-state index contributed by atoms with van der Waals surface area (Å²) in [5, 5.41) is 26.4. The summed E-state index contributed by atoms with van der Waals surface area (Å²) in [5.41, 5.74) is 1.61. The number of para-hydroxylation sites is 1. The molecule has 1 aromatic heterocycles. The number of carboxylic acids is 1. The molecule has 14 nitrogen and oxygen atoms in total. The monoisotopic (exact) mass is 605 g/mol. The van der Waals surface area contributed by atoms with Crippen molar-refractivity contribution >= 4 is 46.5 Å². The fourth-order valence-electron chi connectivity index (χ4n) is 5.42. The second-order valence-electron chi connectivity index (χ2n) is 10.6. The van der Waals surface area contributed by atoms with E-state index in [0.29, 0.717) is 18.4 Å². The van der Waals surface area contributed by atoms with Crippen molar-refractivity contribution in [2.45, 2.75) is 63.3 Å². The SMILES string of the molecule is O=C(CCc1ccccc1)N[C@H]1CCC(=O)N2CCC[C@@H](C(=O)NC(C(=O)O)C(=O)c3nc4c(CO)cccc4o3)N2C1=O. The first kappa shape index (κ1) is 30.4. The number of hydrazine groups is 1. The smallest absolute Gasteiger partial charge is 0.334 e. The number of oxazole rings is 1. The molecule has 4 amide bonds. The standard InChI is InChI=1S/C30H31N5O9/c36-16-18-8-4-10-21-24(18)33-28(44-21)26(39)25(30(42)43)32-27(40)20-9-5-15-34-23(38)14-12-19(29(41)35(20)34)31-22(37)13-11-17-6-2-1-3-7-17/h1-4,6-8,10,19-20,25,36H,5,9,11-16H2,(H,31,37)(H,32,40)(H,42,43)/t19-,20-,25?/m0/s1. The summed E-state index contributed by atoms with van der Waals surface area (Å²) >= 11 is 0. The Kier molecular flexibility index (Phi) is 8.99. The van der Waals surface area contributed by atoms with Gasteiger partial charge in [0.1, 0.15) is 17.6 Å². The predicted octanol–water partition coefficient (Wildman–Crippen LogP) is 0.718. The number of rotatable bonds is 10. The number of aliphatic hydroxyl groups excluding tert-OH is 1. The van der Waals surface area contributed by atoms with Crippen molar-refractivity contribution in [1.29, 1.82) is 0 Å². The van der Waals surface area contributed by atoms with Crippen molar-refractivity contribution in [3.8, 4) is 0 Å². The van der Waals surface area contributed by atoms with Gasteiger partial charge in [-0.25, -0.2) is 14.8 Å². The highest BCUT2D eigenvalue weighted by Gasteiger charge is 2.46. The zero-order valence-corrected chi connectivity index (χ0v) is 23.6. The fraction of sp³-hybridized carbons (Fsp3) is 0.367. The number of nitrogens with one attached hydrogen (secondary N) is 2. The van der Waals surface area contributed by atoms with Gasteiger partial charge in [-0.1, -0.05) is 42.5 Å². The minimum absolute atomic E-state index is 0.0276. The highest BCUT2D eigenvalue weighted by atomic mass is 16.4. The summed E-state index contributed by atoms with van der Waals surface area (Å²) in [6.45, 7) is -0.244. The summed E-state index contributed by atoms with van der Waals surface area (Å²) < 4.78 is 5.42. The maximum Gasteiger partial charge on any atom is 0.334 e. The maximum atomic E-state index is 13.7. The van der Waals surface area contributed by atoms with Crippen molar-refractivity contribution in [3.63, 3.8) is 0 Å². The highest BCUT2D eigenvalue weighted by Crippen LogP contribution is 2.26. The van der Waals surface area contributed by atoms with Gasteiger partial charge in [0.2, 0.25) is 17.7 Å². The lowest BCUT2D eigenvalue weighted by Gasteiger charge is -2.43. The van der Waals surface area contributed by atoms with E-state index in [9.17, 15) is 39.0 Å². The Morgan fingerprint density at radius 1 is 1.05 bits per heavy atom. The molecule has 2 aromatic carbocycles. The number of carbonyl (C=O) groups excluding carboxylic acids is 5. The Labute approximate surface area is 251 Å². The van der Waals surface area contributed by atoms with E-state index in [-0.39, 0.29) is 43.3 Å². The van der Waals surface area contributed by atoms with E-state index in [1.54, 1.807) is 12.1 Å². The molecule has 2 aliphatic heterocycles. The molecule has 2 saturated heterocycles. The summed E-state index contributed by atoms with van der Waals surface area (Å²) in [7, 11) is 0. The number of aliphatic hydroxyl groups is 1. The number of hydrogen-bond donors (Lipinski definition) is 4. The molecule has 0 radical (unpaired) electrons. The molecule has 14 heteroatoms. The average molecular weight is 606 g/mol. The Balaban J connectivity index is 1.32. The number of aromatic nitrogens is 1. The molecule has 0 saturated carbocycles. The Morgan fingerprint density at radius 3 is 2.55 bits per heavy atom. The number of ketones is 1. The Morgan fingerprint density at radius 2 is 1.82 bits per heavy atom. The molecule has 230 valence electrons. The first-order valence-electron chi connectivity index (χ1n) is 14.2. The van der Waals surface area contributed by atoms with Crippen LogP contribution in [0.3, 0.4) is 0 Å². The molecule has 44 heavy (non-hydrogen) atoms. The van der Waals surface area contributed by atoms with Gasteiger partial charge in [-0.15, -0.1) is 0 Å². The molecule has 0 bridgehead atoms. The third-order valence-electron chi connectivity index (χ3n) is 7.66. The van der Waals surface area contributed by atoms with Crippen LogP contribution in [0.1, 0.15) is 53.9 Å². The number of fused-ring (bicyclic) bond motifs is 2. The van der Waals surface area contributed by atoms with Crippen molar-refractivity contribution in [2.75, 3.05) is 6.54 Å². The van der Waals surface area contributed by atoms with Gasteiger partial charge < -0.3 is 25.3 Å². The third-order valence-corrected chi connectivity index (χ3v) is 7.66. The molecule has 4 N–H and O–H groups in total. The van der Waals surface area contributed by atoms with Crippen LogP contribution < -0.4 is 10.6 Å². The van der Waals surface area contributed by atoms with Crippen LogP contribution in [-0.2, 0) is 37.0 Å². The van der Waals surface area contributed by atoms with Crippen LogP contribution in [-0.4, -0.2) is 85.3 Å². The zero-order valence-electron chi connectivity index (χ0n) is 23.6. The minimum atomic E-state index is -2.12. The van der Waals surface area contributed by atoms with E-state index in [1.807, 2.05) is 30.3 Å². The number of carbonyl (C=O) groups is 6. The van der Waals surface area contributed by atoms with E-state index < -0.39 is 66.0 Å². The first-order chi connectivity index (χ1) is 21.2. The van der Waals surface area contributed by atoms with Crippen LogP contribution in [0.25, 0.3) is 11.1 Å². The number of hydrogen-bond acceptors (Lipinski definition) is 9. The maximum absolute atomic E-state index is 13.7. The Hall–Kier alpha value is -5.11. The topological polar surface area (TPSA) is 199 Å². The van der Waals surface area contributed by atoms with Crippen molar-refractivity contribution < 1.29 is 43.4 Å². The second kappa shape index (κ2) is 13.0. The molecule has 0 spiro atoms. The highest BCUT2D eigenvalue weighted by molar-refractivity contribution is 6.12. The van der Waals surface area contributed by atoms with Crippen molar-refractivity contribution in [1.82, 2.24) is 25.6 Å². The fourth-order valence-corrected chi connectivity index (χ4v) is 5.42. The molecule has 3 atom stereocenters. The average Bonchev–Trinajstić information content (AvgIpc) is 3.44. The van der Waals surface area contributed by atoms with Gasteiger partial charge in [0.25, 0.3) is 17.6 Å². The van der Waals surface area contributed by atoms with E-state index in [2.05, 4.69) is 15.6 Å². The van der Waals surface area contributed by atoms with Gasteiger partial charge in [-0.05, 0) is 37.3 Å². The van der Waals surface area contributed by atoms with E-state index in [1.165, 1.54) is 6.07 Å². The molecule has 1 unspecified atom stereocenters. The van der Waals surface area contributed by atoms with E-state index in [4.69, 9.17) is 4.42 Å². The summed E-state index contributed by atoms with van der Waals surface area (Å²) in [5.74, 6) is -5.91. The number of amides is 4. The molecule has 0 aliphatic carbocycles. The summed E-state index contributed by atoms with van der Waals surface area (Å²) in [4.78, 5) is 82.2. The van der Waals surface area contributed by atoms with Crippen LogP contribution in [0, 0.1) is 0 Å². The quantitative estimate of drug-likeness (QED) is 0.189. The molecule has 3 aromatic rings. The molecule has 2 fully saturated rings. The van der Waals surface area contributed by atoms with Gasteiger partial charge in [-0.2, -0.15) is 0 Å². The Bertz CT molecular complexity index is 1600. The van der Waals surface area contributed by atoms with Crippen LogP contribution in [0.4, 0.5) is 0 Å². The molecular weight excluding hydrogens is 574 g/mol. The van der Waals surface area contributed by atoms with Crippen LogP contribution in [0.2, 0.25) is 0 Å². The summed E-state index contributed by atoms with van der Waals surface area (Å²) in [6, 6.07) is 9.42. The van der Waals surface area contributed by atoms with Gasteiger partial charge in [-0.3, -0.25) is 29.0 Å². The number of nitrogens with zero attached hydrogens (tertiary/aromatic N) is 3. The number of Topliss-reactive ketones (excluding diaryl/α,β-unsaturated/α-hetero) is 1. The lowest BCUT2D eigenvalue weighted by atomic mass is 10.0. The van der Waals surface area contributed by atoms with Gasteiger partial charge >= 0.3 is 5.97 Å². The molecule has 3 heterocycles. The summed E-state index contributed by atoms with van der Waals surface area (Å²) in [6.07, 6.45) is 0.943. The van der Waals surface area contributed by atoms with Gasteiger partial charge in [0.15, 0.2) is 11.6 Å². The minimum Gasteiger partial charge on any atom is -0.479 e. The van der Waals surface area contributed by atoms with Crippen LogP contribution in [0.15, 0.2) is 52.9 Å². The molecule has 2 aliphatic rings. The lowest BCUT2D eigenvalue weighted by Crippen LogP contribution is -2.65. The zero-order chi connectivity index (χ0) is 31.4. The lowest BCUT2D eigenvalue weighted by molar-refractivity contribution is -0.176. The van der Waals surface area contributed by atoms with E-state index in [0.717, 1.165) is 15.6 Å². The van der Waals surface area contributed by atoms with Crippen LogP contribution >= 0.6 is 0 Å². The van der Waals surface area contributed by atoms with Crippen molar-refractivity contribution in [3.05, 3.63) is 65.5 Å². The van der Waals surface area contributed by atoms with Gasteiger partial charge in [0.05, 0.1) is 6.61 Å². The molecule has 5 rings (SSSR count). The number of benzene rings is 2. The van der Waals surface area contributed by atoms with Crippen LogP contribution in [0.5, 0.6) is 0 Å². The number of aliphatic carboxylic acids is 1. The van der Waals surface area contributed by atoms with E-state index >= 15 is 0 Å². The van der Waals surface area contributed by atoms with Crippen molar-refractivity contribution in [2.24, 2.45) is 0 Å². The number of aryl methyl sites for hydroxylation is 1.